The number of benzene rings is 1. The average molecular weight is 398 g/mol. The second-order valence-electron chi connectivity index (χ2n) is 8.12. The van der Waals surface area contributed by atoms with Crippen molar-refractivity contribution < 1.29 is 9.59 Å². The van der Waals surface area contributed by atoms with Gasteiger partial charge in [-0.25, -0.2) is 0 Å². The number of unbranched alkanes of at least 4 members (excludes halogenated alkanes) is 1. The summed E-state index contributed by atoms with van der Waals surface area (Å²) < 4.78 is 0. The zero-order chi connectivity index (χ0) is 20.2. The smallest absolute Gasteiger partial charge is 0.261 e. The quantitative estimate of drug-likeness (QED) is 0.343. The van der Waals surface area contributed by atoms with Crippen molar-refractivity contribution in [1.29, 1.82) is 0 Å². The Morgan fingerprint density at radius 1 is 1.07 bits per heavy atom. The number of rotatable bonds is 6. The second kappa shape index (κ2) is 8.95. The van der Waals surface area contributed by atoms with Gasteiger partial charge in [-0.1, -0.05) is 12.1 Å². The molecule has 0 aliphatic carbocycles. The van der Waals surface area contributed by atoms with Crippen molar-refractivity contribution in [1.82, 2.24) is 20.0 Å². The first-order chi connectivity index (χ1) is 14.2. The Morgan fingerprint density at radius 2 is 1.76 bits per heavy atom. The molecule has 1 atom stereocenters. The molecule has 0 aromatic heterocycles. The minimum atomic E-state index is -0.167. The third-order valence-electron chi connectivity index (χ3n) is 6.30. The van der Waals surface area contributed by atoms with Gasteiger partial charge in [0.05, 0.1) is 11.1 Å². The Balaban J connectivity index is 1.19. The Morgan fingerprint density at radius 3 is 2.41 bits per heavy atom. The van der Waals surface area contributed by atoms with Crippen molar-refractivity contribution in [2.75, 3.05) is 46.3 Å². The van der Waals surface area contributed by atoms with Gasteiger partial charge in [-0.15, -0.1) is 0 Å². The van der Waals surface area contributed by atoms with Crippen LogP contribution in [0.4, 0.5) is 0 Å². The van der Waals surface area contributed by atoms with Crippen molar-refractivity contribution in [2.24, 2.45) is 4.99 Å². The summed E-state index contributed by atoms with van der Waals surface area (Å²) in [5.41, 5.74) is 1.05. The number of guanidine groups is 1. The molecule has 3 aliphatic rings. The largest absolute Gasteiger partial charge is 0.356 e. The molecule has 3 heterocycles. The summed E-state index contributed by atoms with van der Waals surface area (Å²) in [6.45, 7) is 5.84. The van der Waals surface area contributed by atoms with Crippen molar-refractivity contribution in [3.63, 3.8) is 0 Å². The molecule has 7 heteroatoms. The average Bonchev–Trinajstić information content (AvgIpc) is 3.48. The van der Waals surface area contributed by atoms with Crippen LogP contribution in [0, 0.1) is 0 Å². The second-order valence-corrected chi connectivity index (χ2v) is 8.12. The fourth-order valence-corrected chi connectivity index (χ4v) is 4.71. The van der Waals surface area contributed by atoms with Gasteiger partial charge >= 0.3 is 0 Å². The van der Waals surface area contributed by atoms with Crippen LogP contribution in [-0.2, 0) is 0 Å². The maximum Gasteiger partial charge on any atom is 0.261 e. The molecule has 3 aliphatic heterocycles. The summed E-state index contributed by atoms with van der Waals surface area (Å²) in [6.07, 6.45) is 5.54. The normalized spacial score (nSPS) is 22.7. The van der Waals surface area contributed by atoms with Crippen molar-refractivity contribution in [3.8, 4) is 0 Å². The van der Waals surface area contributed by atoms with Crippen LogP contribution >= 0.6 is 0 Å². The third-order valence-corrected chi connectivity index (χ3v) is 6.30. The number of nitrogens with one attached hydrogen (secondary N) is 1. The zero-order valence-corrected chi connectivity index (χ0v) is 17.3. The molecule has 7 nitrogen and oxygen atoms in total. The number of hydrogen-bond donors (Lipinski definition) is 1. The summed E-state index contributed by atoms with van der Waals surface area (Å²) in [4.78, 5) is 35.6. The maximum absolute atomic E-state index is 12.4. The van der Waals surface area contributed by atoms with Crippen molar-refractivity contribution in [3.05, 3.63) is 35.4 Å². The molecule has 1 unspecified atom stereocenters. The number of likely N-dealkylation sites (tertiary alicyclic amines) is 2. The summed E-state index contributed by atoms with van der Waals surface area (Å²) in [7, 11) is 1.84. The van der Waals surface area contributed by atoms with Gasteiger partial charge in [0.25, 0.3) is 11.8 Å². The van der Waals surface area contributed by atoms with Gasteiger partial charge in [0, 0.05) is 39.3 Å². The summed E-state index contributed by atoms with van der Waals surface area (Å²) >= 11 is 0. The first-order valence-corrected chi connectivity index (χ1v) is 10.8. The number of imide groups is 1. The molecule has 2 fully saturated rings. The van der Waals surface area contributed by atoms with Crippen LogP contribution in [0.1, 0.15) is 52.8 Å². The molecule has 156 valence electrons. The van der Waals surface area contributed by atoms with E-state index in [1.165, 1.54) is 37.3 Å². The molecule has 2 amide bonds. The van der Waals surface area contributed by atoms with Crippen LogP contribution in [0.5, 0.6) is 0 Å². The molecule has 1 N–H and O–H groups in total. The van der Waals surface area contributed by atoms with Crippen LogP contribution in [0.3, 0.4) is 0 Å². The van der Waals surface area contributed by atoms with Gasteiger partial charge in [-0.3, -0.25) is 24.4 Å². The minimum absolute atomic E-state index is 0.167. The number of fused-ring (bicyclic) bond motifs is 1. The molecule has 4 rings (SSSR count). The molecular weight excluding hydrogens is 366 g/mol. The Labute approximate surface area is 172 Å². The molecule has 29 heavy (non-hydrogen) atoms. The SMILES string of the molecule is CN=C(NCCCCN1C(=O)c2ccccc2C1=O)N1CCC(N2CCCC2)C1. The lowest BCUT2D eigenvalue weighted by Gasteiger charge is -2.25. The predicted molar refractivity (Wildman–Crippen MR) is 113 cm³/mol. The van der Waals surface area contributed by atoms with E-state index in [1.807, 2.05) is 7.05 Å². The van der Waals surface area contributed by atoms with E-state index in [2.05, 4.69) is 20.1 Å². The van der Waals surface area contributed by atoms with E-state index in [9.17, 15) is 9.59 Å². The van der Waals surface area contributed by atoms with E-state index < -0.39 is 0 Å². The van der Waals surface area contributed by atoms with Crippen LogP contribution in [0.15, 0.2) is 29.3 Å². The number of carbonyl (C=O) groups is 2. The van der Waals surface area contributed by atoms with Crippen LogP contribution in [0.25, 0.3) is 0 Å². The molecule has 2 saturated heterocycles. The lowest BCUT2D eigenvalue weighted by atomic mass is 10.1. The molecule has 0 radical (unpaired) electrons. The van der Waals surface area contributed by atoms with Gasteiger partial charge in [-0.2, -0.15) is 0 Å². The first kappa shape index (κ1) is 19.9. The molecule has 1 aromatic carbocycles. The summed E-state index contributed by atoms with van der Waals surface area (Å²) in [5, 5.41) is 3.46. The van der Waals surface area contributed by atoms with Crippen LogP contribution < -0.4 is 5.32 Å². The topological polar surface area (TPSA) is 68.2 Å². The Bertz CT molecular complexity index is 752. The number of nitrogens with zero attached hydrogens (tertiary/aromatic N) is 4. The van der Waals surface area contributed by atoms with Crippen LogP contribution in [-0.4, -0.2) is 84.8 Å². The number of hydrogen-bond acceptors (Lipinski definition) is 4. The number of aliphatic imine (C=N–C) groups is 1. The van der Waals surface area contributed by atoms with Gasteiger partial charge < -0.3 is 10.2 Å². The van der Waals surface area contributed by atoms with Crippen LogP contribution in [0.2, 0.25) is 0 Å². The van der Waals surface area contributed by atoms with Gasteiger partial charge in [-0.05, 0) is 57.3 Å². The van der Waals surface area contributed by atoms with Gasteiger partial charge in [0.2, 0.25) is 0 Å². The molecule has 0 spiro atoms. The molecular formula is C22H31N5O2. The van der Waals surface area contributed by atoms with E-state index in [4.69, 9.17) is 0 Å². The van der Waals surface area contributed by atoms with E-state index in [1.54, 1.807) is 24.3 Å². The molecule has 1 aromatic rings. The summed E-state index contributed by atoms with van der Waals surface area (Å²) in [5.74, 6) is 0.631. The Kier molecular flexibility index (Phi) is 6.13. The highest BCUT2D eigenvalue weighted by Gasteiger charge is 2.34. The Hall–Kier alpha value is -2.41. The molecule has 0 saturated carbocycles. The highest BCUT2D eigenvalue weighted by Crippen LogP contribution is 2.23. The number of carbonyl (C=O) groups excluding carboxylic acids is 2. The van der Waals surface area contributed by atoms with Crippen molar-refractivity contribution >= 4 is 17.8 Å². The highest BCUT2D eigenvalue weighted by atomic mass is 16.2. The maximum atomic E-state index is 12.4. The standard InChI is InChI=1S/C22H31N5O2/c1-23-22(26-15-10-17(16-26)25-12-6-7-13-25)24-11-4-5-14-27-20(28)18-8-2-3-9-19(18)21(27)29/h2-3,8-9,17H,4-7,10-16H2,1H3,(H,23,24). The van der Waals surface area contributed by atoms with E-state index in [0.29, 0.717) is 23.7 Å². The predicted octanol–water partition coefficient (Wildman–Crippen LogP) is 1.81. The van der Waals surface area contributed by atoms with E-state index in [0.717, 1.165) is 38.4 Å². The van der Waals surface area contributed by atoms with Crippen molar-refractivity contribution in [2.45, 2.75) is 38.1 Å². The van der Waals surface area contributed by atoms with E-state index in [-0.39, 0.29) is 11.8 Å². The minimum Gasteiger partial charge on any atom is -0.356 e. The van der Waals surface area contributed by atoms with Gasteiger partial charge in [0.15, 0.2) is 5.96 Å². The molecule has 0 bridgehead atoms. The zero-order valence-electron chi connectivity index (χ0n) is 17.3. The lowest BCUT2D eigenvalue weighted by molar-refractivity contribution is 0.0652. The fraction of sp³-hybridized carbons (Fsp3) is 0.591. The third kappa shape index (κ3) is 4.15. The summed E-state index contributed by atoms with van der Waals surface area (Å²) in [6, 6.07) is 7.72. The number of amides is 2. The van der Waals surface area contributed by atoms with E-state index >= 15 is 0 Å². The first-order valence-electron chi connectivity index (χ1n) is 10.8. The van der Waals surface area contributed by atoms with Gasteiger partial charge in [0.1, 0.15) is 0 Å². The highest BCUT2D eigenvalue weighted by molar-refractivity contribution is 6.21. The fourth-order valence-electron chi connectivity index (χ4n) is 4.71. The lowest BCUT2D eigenvalue weighted by Crippen LogP contribution is -2.43. The monoisotopic (exact) mass is 397 g/mol.